The second kappa shape index (κ2) is 13.5. The first kappa shape index (κ1) is 36.5. The van der Waals surface area contributed by atoms with Gasteiger partial charge in [0.15, 0.2) is 23.7 Å². The van der Waals surface area contributed by atoms with E-state index in [0.717, 1.165) is 15.6 Å². The smallest absolute Gasteiger partial charge is 0.388 e. The lowest BCUT2D eigenvalue weighted by atomic mass is 9.98. The normalized spacial score (nSPS) is 33.3. The minimum Gasteiger partial charge on any atom is -0.388 e. The minimum absolute atomic E-state index is 0.119. The second-order valence-electron chi connectivity index (χ2n) is 11.2. The van der Waals surface area contributed by atoms with Crippen LogP contribution in [0.2, 0.25) is 0 Å². The molecule has 0 radical (unpaired) electrons. The van der Waals surface area contributed by atoms with E-state index in [-0.39, 0.29) is 35.8 Å². The highest BCUT2D eigenvalue weighted by Gasteiger charge is 2.50. The number of nitrogen functional groups attached to an aromatic ring is 1. The second-order valence-corrected chi connectivity index (χ2v) is 14.2. The summed E-state index contributed by atoms with van der Waals surface area (Å²) in [4.78, 5) is 42.4. The van der Waals surface area contributed by atoms with E-state index in [9.17, 15) is 54.4 Å². The van der Waals surface area contributed by atoms with Crippen molar-refractivity contribution in [3.8, 4) is 0 Å². The molecule has 5 heterocycles. The number of aliphatic hydroxyl groups excluding tert-OH is 5. The van der Waals surface area contributed by atoms with E-state index in [2.05, 4.69) is 34.1 Å². The molecule has 48 heavy (non-hydrogen) atoms. The van der Waals surface area contributed by atoms with E-state index in [0.29, 0.717) is 0 Å². The quantitative estimate of drug-likeness (QED) is 0.0802. The van der Waals surface area contributed by atoms with Crippen LogP contribution in [0.4, 0.5) is 5.95 Å². The molecule has 24 nitrogen and oxygen atoms in total. The number of ether oxygens (including phenoxy) is 2. The van der Waals surface area contributed by atoms with Crippen LogP contribution < -0.4 is 11.3 Å². The Morgan fingerprint density at radius 3 is 2.42 bits per heavy atom. The van der Waals surface area contributed by atoms with Crippen molar-refractivity contribution in [2.24, 2.45) is 0 Å². The van der Waals surface area contributed by atoms with E-state index in [1.54, 1.807) is 6.92 Å². The molecule has 2 aliphatic heterocycles. The first-order valence-corrected chi connectivity index (χ1v) is 17.1. The van der Waals surface area contributed by atoms with Gasteiger partial charge < -0.3 is 55.6 Å². The Morgan fingerprint density at radius 1 is 1.04 bits per heavy atom. The van der Waals surface area contributed by atoms with Crippen LogP contribution in [0.1, 0.15) is 32.2 Å². The van der Waals surface area contributed by atoms with E-state index in [4.69, 9.17) is 19.7 Å². The zero-order chi connectivity index (χ0) is 35.3. The van der Waals surface area contributed by atoms with Crippen molar-refractivity contribution in [2.75, 3.05) is 12.3 Å². The minimum atomic E-state index is -5.68. The van der Waals surface area contributed by atoms with Gasteiger partial charge in [-0.1, -0.05) is 12.1 Å². The molecular formula is C22H34N8O16P2. The summed E-state index contributed by atoms with van der Waals surface area (Å²) in [5.41, 5.74) is 3.41. The van der Waals surface area contributed by atoms with Gasteiger partial charge in [-0.15, -0.1) is 5.10 Å². The van der Waals surface area contributed by atoms with Crippen molar-refractivity contribution in [3.63, 3.8) is 0 Å². The Labute approximate surface area is 268 Å². The molecule has 3 unspecified atom stereocenters. The Hall–Kier alpha value is -2.77. The number of phosphoric acid groups is 2. The van der Waals surface area contributed by atoms with Gasteiger partial charge in [-0.25, -0.2) is 18.8 Å². The van der Waals surface area contributed by atoms with E-state index < -0.39 is 88.7 Å². The van der Waals surface area contributed by atoms with E-state index in [1.165, 1.54) is 13.1 Å². The van der Waals surface area contributed by atoms with Gasteiger partial charge in [-0.05, 0) is 13.3 Å². The summed E-state index contributed by atoms with van der Waals surface area (Å²) in [6.45, 7) is 1.83. The first-order chi connectivity index (χ1) is 22.3. The van der Waals surface area contributed by atoms with Crippen molar-refractivity contribution in [3.05, 3.63) is 28.6 Å². The Morgan fingerprint density at radius 2 is 1.73 bits per heavy atom. The topological polar surface area (TPSA) is 362 Å². The fraction of sp³-hybridized carbons (Fsp3) is 0.682. The number of H-pyrrole nitrogens is 1. The number of fused-ring (bicyclic) bond motifs is 1. The van der Waals surface area contributed by atoms with Gasteiger partial charge in [-0.3, -0.25) is 23.4 Å². The number of aromatic amines is 1. The number of nitrogens with two attached hydrogens (primary N) is 1. The SMILES string of the molecule is CCC(C)(O)c1cn(C[C@@H]2O[C@H](OP(=O)(O)OP(=O)(O)OC[C@H]3O[C@@H](n4cnc5c(=O)[nH]c(N)nc54)[C@H](O)[C@@H]3O)[C@@H](O)[C@H](O)[C@@H]2O)nn1. The maximum absolute atomic E-state index is 12.7. The summed E-state index contributed by atoms with van der Waals surface area (Å²) in [5.74, 6) is -0.282. The summed E-state index contributed by atoms with van der Waals surface area (Å²) in [6, 6.07) is 0. The zero-order valence-corrected chi connectivity index (χ0v) is 26.8. The fourth-order valence-electron chi connectivity index (χ4n) is 4.85. The van der Waals surface area contributed by atoms with Crippen LogP contribution in [0.5, 0.6) is 0 Å². The summed E-state index contributed by atoms with van der Waals surface area (Å²) < 4.78 is 51.9. The molecule has 2 saturated heterocycles. The molecule has 0 saturated carbocycles. The highest BCUT2D eigenvalue weighted by molar-refractivity contribution is 7.61. The largest absolute Gasteiger partial charge is 0.483 e. The molecular weight excluding hydrogens is 694 g/mol. The van der Waals surface area contributed by atoms with E-state index >= 15 is 0 Å². The van der Waals surface area contributed by atoms with Crippen molar-refractivity contribution in [1.29, 1.82) is 0 Å². The lowest BCUT2D eigenvalue weighted by molar-refractivity contribution is -0.278. The van der Waals surface area contributed by atoms with Gasteiger partial charge in [0.05, 0.1) is 25.7 Å². The first-order valence-electron chi connectivity index (χ1n) is 14.1. The molecule has 0 bridgehead atoms. The number of aliphatic hydroxyl groups is 6. The molecule has 3 aromatic rings. The van der Waals surface area contributed by atoms with Gasteiger partial charge in [0, 0.05) is 0 Å². The molecule has 2 aliphatic rings. The number of anilines is 1. The molecule has 3 aromatic heterocycles. The number of nitrogens with zero attached hydrogens (tertiary/aromatic N) is 6. The molecule has 11 N–H and O–H groups in total. The maximum atomic E-state index is 12.7. The number of hydrogen-bond acceptors (Lipinski definition) is 19. The third-order valence-corrected chi connectivity index (χ3v) is 10.3. The van der Waals surface area contributed by atoms with Gasteiger partial charge in [0.1, 0.15) is 54.0 Å². The number of hydrogen-bond donors (Lipinski definition) is 10. The number of nitrogens with one attached hydrogen (secondary N) is 1. The van der Waals surface area contributed by atoms with Gasteiger partial charge in [0.25, 0.3) is 5.56 Å². The highest BCUT2D eigenvalue weighted by atomic mass is 31.3. The van der Waals surface area contributed by atoms with Crippen LogP contribution in [0, 0.1) is 0 Å². The Kier molecular flexibility index (Phi) is 10.3. The summed E-state index contributed by atoms with van der Waals surface area (Å²) >= 11 is 0. The van der Waals surface area contributed by atoms with Crippen molar-refractivity contribution < 1.29 is 72.4 Å². The molecule has 0 aliphatic carbocycles. The molecule has 0 amide bonds. The van der Waals surface area contributed by atoms with Crippen LogP contribution in [0.3, 0.4) is 0 Å². The van der Waals surface area contributed by atoms with Crippen LogP contribution in [0.25, 0.3) is 11.2 Å². The summed E-state index contributed by atoms with van der Waals surface area (Å²) in [7, 11) is -11.2. The molecule has 5 rings (SSSR count). The van der Waals surface area contributed by atoms with Crippen LogP contribution in [-0.2, 0) is 44.1 Å². The summed E-state index contributed by atoms with van der Waals surface area (Å²) in [6.07, 6.45) is -13.4. The lowest BCUT2D eigenvalue weighted by Gasteiger charge is -2.40. The van der Waals surface area contributed by atoms with E-state index in [1.807, 2.05) is 0 Å². The van der Waals surface area contributed by atoms with Crippen molar-refractivity contribution in [1.82, 2.24) is 34.5 Å². The fourth-order valence-corrected chi connectivity index (χ4v) is 7.01. The molecule has 0 aromatic carbocycles. The standard InChI is InChI=1S/C22H34N8O16P2/c1-3-22(2,37)10-5-29(28-27-10)4-8-12(31)14(33)16(35)20(44-8)45-48(40,41)46-47(38,39)42-6-9-13(32)15(34)19(43-9)30-7-24-11-17(30)25-21(23)26-18(11)36/h5,7-9,12-16,19-20,31-35,37H,3-4,6H2,1-2H3,(H,38,39)(H,40,41)(H3,23,25,26,36)/t8-,9+,12+,13+,14+,15+,16-,19+,20+,22?/m0/s1. The van der Waals surface area contributed by atoms with Crippen LogP contribution in [0.15, 0.2) is 17.3 Å². The number of aromatic nitrogens is 7. The van der Waals surface area contributed by atoms with Gasteiger partial charge in [0.2, 0.25) is 5.95 Å². The average Bonchev–Trinajstić information content (AvgIpc) is 3.71. The predicted molar refractivity (Wildman–Crippen MR) is 153 cm³/mol. The Bertz CT molecular complexity index is 1770. The summed E-state index contributed by atoms with van der Waals surface area (Å²) in [5, 5.41) is 70.0. The highest BCUT2D eigenvalue weighted by Crippen LogP contribution is 2.61. The predicted octanol–water partition coefficient (Wildman–Crippen LogP) is -3.71. The third-order valence-electron chi connectivity index (χ3n) is 7.72. The van der Waals surface area contributed by atoms with Crippen molar-refractivity contribution >= 4 is 32.8 Å². The molecule has 268 valence electrons. The van der Waals surface area contributed by atoms with Crippen LogP contribution >= 0.6 is 15.6 Å². The van der Waals surface area contributed by atoms with Crippen molar-refractivity contribution in [2.45, 2.75) is 87.7 Å². The number of rotatable bonds is 12. The average molecular weight is 729 g/mol. The number of phosphoric ester groups is 2. The molecule has 0 spiro atoms. The van der Waals surface area contributed by atoms with Gasteiger partial charge in [-0.2, -0.15) is 9.29 Å². The third kappa shape index (κ3) is 7.52. The van der Waals surface area contributed by atoms with Crippen LogP contribution in [-0.4, -0.2) is 131 Å². The molecule has 2 fully saturated rings. The zero-order valence-electron chi connectivity index (χ0n) is 25.0. The monoisotopic (exact) mass is 728 g/mol. The van der Waals surface area contributed by atoms with Gasteiger partial charge >= 0.3 is 15.6 Å². The maximum Gasteiger partial charge on any atom is 0.483 e. The number of imidazole rings is 1. The molecule has 26 heteroatoms. The molecule has 12 atom stereocenters. The lowest BCUT2D eigenvalue weighted by Crippen LogP contribution is -2.58. The Balaban J connectivity index is 1.20.